The van der Waals surface area contributed by atoms with Crippen molar-refractivity contribution in [3.8, 4) is 11.8 Å². The molecular formula is C18H11Cl2F8N5. The minimum absolute atomic E-state index is 0.431. The lowest BCUT2D eigenvalue weighted by Gasteiger charge is -2.20. The highest BCUT2D eigenvalue weighted by atomic mass is 35.5. The van der Waals surface area contributed by atoms with Crippen molar-refractivity contribution in [2.45, 2.75) is 30.1 Å². The number of nitriles is 1. The Balaban J connectivity index is 2.41. The summed E-state index contributed by atoms with van der Waals surface area (Å²) < 4.78 is 110. The standard InChI is InChI=1S/C18H11Cl2F8N5/c1-32(2)7-30-14-12(15(18(26,27)28)6-16(15,21)22)11(5-29)31-33(14)13-9(19)3-8(4-10(13)20)17(23,24)25/h3-4,7H,6H2,1-2H3. The molecule has 3 rings (SSSR count). The average molecular weight is 520 g/mol. The summed E-state index contributed by atoms with van der Waals surface area (Å²) in [6.45, 7) is 0. The van der Waals surface area contributed by atoms with E-state index >= 15 is 0 Å². The summed E-state index contributed by atoms with van der Waals surface area (Å²) in [5.41, 5.74) is -7.89. The molecule has 0 aliphatic heterocycles. The van der Waals surface area contributed by atoms with Gasteiger partial charge in [0.1, 0.15) is 11.8 Å². The second-order valence-corrected chi connectivity index (χ2v) is 8.16. The van der Waals surface area contributed by atoms with Crippen LogP contribution >= 0.6 is 23.2 Å². The molecule has 5 nitrogen and oxygen atoms in total. The van der Waals surface area contributed by atoms with Gasteiger partial charge in [0.15, 0.2) is 16.9 Å². The second-order valence-electron chi connectivity index (χ2n) is 7.35. The number of alkyl halides is 8. The molecule has 0 N–H and O–H groups in total. The SMILES string of the molecule is CN(C)C=Nc1c(C2(C(F)(F)F)CC2(F)F)c(C#N)nn1-c1c(Cl)cc(C(F)(F)F)cc1Cl. The molecule has 1 fully saturated rings. The number of aliphatic imine (C=N–C) groups is 1. The van der Waals surface area contributed by atoms with Gasteiger partial charge in [-0.1, -0.05) is 23.2 Å². The molecule has 1 aliphatic rings. The monoisotopic (exact) mass is 519 g/mol. The number of rotatable bonds is 4. The molecule has 0 amide bonds. The van der Waals surface area contributed by atoms with E-state index in [0.29, 0.717) is 16.8 Å². The Morgan fingerprint density at radius 1 is 1.15 bits per heavy atom. The van der Waals surface area contributed by atoms with E-state index in [9.17, 15) is 40.4 Å². The van der Waals surface area contributed by atoms with Crippen molar-refractivity contribution < 1.29 is 35.1 Å². The van der Waals surface area contributed by atoms with E-state index in [4.69, 9.17) is 23.2 Å². The van der Waals surface area contributed by atoms with Crippen LogP contribution in [0.25, 0.3) is 5.69 Å². The quantitative estimate of drug-likeness (QED) is 0.277. The molecule has 1 heterocycles. The first-order valence-electron chi connectivity index (χ1n) is 8.73. The fourth-order valence-electron chi connectivity index (χ4n) is 3.27. The molecule has 1 aromatic heterocycles. The first-order chi connectivity index (χ1) is 15.0. The van der Waals surface area contributed by atoms with Gasteiger partial charge in [0, 0.05) is 20.5 Å². The number of nitrogens with zero attached hydrogens (tertiary/aromatic N) is 5. The molecule has 1 unspecified atom stereocenters. The van der Waals surface area contributed by atoms with Crippen LogP contribution in [0.2, 0.25) is 10.0 Å². The van der Waals surface area contributed by atoms with E-state index in [2.05, 4.69) is 10.1 Å². The lowest BCUT2D eigenvalue weighted by molar-refractivity contribution is -0.182. The molecule has 0 bridgehead atoms. The van der Waals surface area contributed by atoms with Gasteiger partial charge < -0.3 is 4.90 Å². The van der Waals surface area contributed by atoms with Gasteiger partial charge >= 0.3 is 12.4 Å². The number of benzene rings is 1. The van der Waals surface area contributed by atoms with Gasteiger partial charge in [-0.25, -0.2) is 18.5 Å². The molecule has 0 radical (unpaired) electrons. The van der Waals surface area contributed by atoms with Crippen LogP contribution < -0.4 is 0 Å². The largest absolute Gasteiger partial charge is 0.416 e. The molecule has 0 saturated heterocycles. The summed E-state index contributed by atoms with van der Waals surface area (Å²) in [6, 6.07) is 2.19. The topological polar surface area (TPSA) is 57.2 Å². The Bertz CT molecular complexity index is 1150. The Kier molecular flexibility index (Phi) is 5.87. The highest BCUT2D eigenvalue weighted by molar-refractivity contribution is 6.38. The van der Waals surface area contributed by atoms with Crippen molar-refractivity contribution in [2.24, 2.45) is 4.99 Å². The van der Waals surface area contributed by atoms with Crippen LogP contribution in [0, 0.1) is 11.3 Å². The third-order valence-electron chi connectivity index (χ3n) is 4.83. The zero-order chi connectivity index (χ0) is 25.1. The van der Waals surface area contributed by atoms with Crippen LogP contribution in [0.3, 0.4) is 0 Å². The molecule has 15 heteroatoms. The predicted octanol–water partition coefficient (Wildman–Crippen LogP) is 6.13. The Labute approximate surface area is 190 Å². The second kappa shape index (κ2) is 7.73. The molecule has 1 aromatic carbocycles. The summed E-state index contributed by atoms with van der Waals surface area (Å²) >= 11 is 11.9. The fourth-order valence-corrected chi connectivity index (χ4v) is 3.91. The maximum atomic E-state index is 14.2. The van der Waals surface area contributed by atoms with E-state index in [-0.39, 0.29) is 0 Å². The fraction of sp³-hybridized carbons (Fsp3) is 0.389. The molecule has 1 saturated carbocycles. The van der Waals surface area contributed by atoms with E-state index in [1.54, 1.807) is 0 Å². The lowest BCUT2D eigenvalue weighted by atomic mass is 9.94. The first-order valence-corrected chi connectivity index (χ1v) is 9.49. The summed E-state index contributed by atoms with van der Waals surface area (Å²) in [6.07, 6.45) is -11.1. The molecule has 33 heavy (non-hydrogen) atoms. The number of aromatic nitrogens is 2. The highest BCUT2D eigenvalue weighted by Crippen LogP contribution is 2.70. The van der Waals surface area contributed by atoms with Crippen LogP contribution in [0.15, 0.2) is 17.1 Å². The zero-order valence-electron chi connectivity index (χ0n) is 16.5. The summed E-state index contributed by atoms with van der Waals surface area (Å²) in [7, 11) is 2.83. The van der Waals surface area contributed by atoms with Crippen molar-refractivity contribution in [1.82, 2.24) is 14.7 Å². The minimum atomic E-state index is -5.51. The maximum Gasteiger partial charge on any atom is 0.416 e. The molecule has 1 aliphatic carbocycles. The molecule has 0 spiro atoms. The van der Waals surface area contributed by atoms with E-state index in [0.717, 1.165) is 6.34 Å². The van der Waals surface area contributed by atoms with E-state index < -0.39 is 68.5 Å². The molecule has 178 valence electrons. The number of halogens is 10. The molecule has 1 atom stereocenters. The van der Waals surface area contributed by atoms with Crippen LogP contribution in [0.1, 0.15) is 23.2 Å². The Morgan fingerprint density at radius 2 is 1.67 bits per heavy atom. The van der Waals surface area contributed by atoms with Crippen LogP contribution in [0.5, 0.6) is 0 Å². The Hall–Kier alpha value is -2.59. The molecular weight excluding hydrogens is 509 g/mol. The summed E-state index contributed by atoms with van der Waals surface area (Å²) in [4.78, 5) is 5.01. The maximum absolute atomic E-state index is 14.2. The van der Waals surface area contributed by atoms with Crippen molar-refractivity contribution in [2.75, 3.05) is 14.1 Å². The Morgan fingerprint density at radius 3 is 2.03 bits per heavy atom. The third kappa shape index (κ3) is 3.99. The van der Waals surface area contributed by atoms with Crippen LogP contribution in [0.4, 0.5) is 40.9 Å². The highest BCUT2D eigenvalue weighted by Gasteiger charge is 2.86. The smallest absolute Gasteiger partial charge is 0.369 e. The van der Waals surface area contributed by atoms with Crippen molar-refractivity contribution in [3.05, 3.63) is 39.0 Å². The minimum Gasteiger partial charge on any atom is -0.369 e. The van der Waals surface area contributed by atoms with Gasteiger partial charge in [0.05, 0.1) is 27.5 Å². The summed E-state index contributed by atoms with van der Waals surface area (Å²) in [5, 5.41) is 11.6. The van der Waals surface area contributed by atoms with Gasteiger partial charge in [-0.3, -0.25) is 0 Å². The van der Waals surface area contributed by atoms with Gasteiger partial charge in [-0.15, -0.1) is 0 Å². The number of hydrogen-bond acceptors (Lipinski definition) is 3. The normalized spacial score (nSPS) is 20.2. The van der Waals surface area contributed by atoms with Crippen molar-refractivity contribution in [1.29, 1.82) is 5.26 Å². The van der Waals surface area contributed by atoms with E-state index in [1.807, 2.05) is 0 Å². The van der Waals surface area contributed by atoms with Crippen molar-refractivity contribution in [3.63, 3.8) is 0 Å². The first kappa shape index (κ1) is 25.0. The van der Waals surface area contributed by atoms with Crippen LogP contribution in [-0.2, 0) is 11.6 Å². The predicted molar refractivity (Wildman–Crippen MR) is 102 cm³/mol. The lowest BCUT2D eigenvalue weighted by Crippen LogP contribution is -2.35. The number of hydrogen-bond donors (Lipinski definition) is 0. The van der Waals surface area contributed by atoms with Crippen LogP contribution in [-0.4, -0.2) is 47.2 Å². The molecule has 2 aromatic rings. The average Bonchev–Trinajstić information content (AvgIpc) is 3.07. The summed E-state index contributed by atoms with van der Waals surface area (Å²) in [5.74, 6) is -5.15. The van der Waals surface area contributed by atoms with Gasteiger partial charge in [-0.2, -0.15) is 36.7 Å². The van der Waals surface area contributed by atoms with Gasteiger partial charge in [0.2, 0.25) is 0 Å². The third-order valence-corrected chi connectivity index (χ3v) is 5.41. The zero-order valence-corrected chi connectivity index (χ0v) is 18.0. The van der Waals surface area contributed by atoms with Gasteiger partial charge in [-0.05, 0) is 12.1 Å². The van der Waals surface area contributed by atoms with Gasteiger partial charge in [0.25, 0.3) is 5.92 Å². The van der Waals surface area contributed by atoms with Crippen molar-refractivity contribution >= 4 is 35.4 Å². The van der Waals surface area contributed by atoms with E-state index in [1.165, 1.54) is 25.1 Å².